The fraction of sp³-hybridized carbons (Fsp3) is 0.300. The summed E-state index contributed by atoms with van der Waals surface area (Å²) in [5.74, 6) is -0.0953. The molecule has 1 heterocycles. The Morgan fingerprint density at radius 1 is 1.15 bits per heavy atom. The molecule has 0 radical (unpaired) electrons. The molecule has 0 fully saturated rings. The molecule has 6 nitrogen and oxygen atoms in total. The highest BCUT2D eigenvalue weighted by Gasteiger charge is 2.32. The number of rotatable bonds is 5. The lowest BCUT2D eigenvalue weighted by Gasteiger charge is -2.27. The number of hydrogen-bond acceptors (Lipinski definition) is 5. The fourth-order valence-corrected chi connectivity index (χ4v) is 2.87. The van der Waals surface area contributed by atoms with E-state index in [1.807, 2.05) is 30.3 Å². The second-order valence-electron chi connectivity index (χ2n) is 6.62. The van der Waals surface area contributed by atoms with Crippen LogP contribution in [0, 0.1) is 0 Å². The van der Waals surface area contributed by atoms with Gasteiger partial charge in [0, 0.05) is 17.5 Å². The molecule has 3 rings (SSSR count). The smallest absolute Gasteiger partial charge is 0.347 e. The van der Waals surface area contributed by atoms with Gasteiger partial charge in [0.2, 0.25) is 0 Å². The molecule has 1 aliphatic heterocycles. The lowest BCUT2D eigenvalue weighted by molar-refractivity contribution is -0.152. The number of methoxy groups -OCH3 is 1. The predicted octanol–water partition coefficient (Wildman–Crippen LogP) is 3.38. The van der Waals surface area contributed by atoms with E-state index >= 15 is 0 Å². The summed E-state index contributed by atoms with van der Waals surface area (Å²) in [5, 5.41) is 9.20. The lowest BCUT2D eigenvalue weighted by atomic mass is 9.86. The van der Waals surface area contributed by atoms with Crippen molar-refractivity contribution in [2.45, 2.75) is 31.8 Å². The summed E-state index contributed by atoms with van der Waals surface area (Å²) in [5.41, 5.74) is 0.445. The van der Waals surface area contributed by atoms with Crippen molar-refractivity contribution in [1.29, 1.82) is 0 Å². The molecule has 0 saturated carbocycles. The van der Waals surface area contributed by atoms with Gasteiger partial charge in [0.25, 0.3) is 0 Å². The van der Waals surface area contributed by atoms with Gasteiger partial charge in [-0.05, 0) is 37.6 Å². The van der Waals surface area contributed by atoms with E-state index < -0.39 is 11.6 Å². The summed E-state index contributed by atoms with van der Waals surface area (Å²) in [6.07, 6.45) is 0.236. The number of benzene rings is 2. The third kappa shape index (κ3) is 3.49. The number of ether oxygens (including phenoxy) is 3. The second-order valence-corrected chi connectivity index (χ2v) is 6.62. The van der Waals surface area contributed by atoms with E-state index in [0.717, 1.165) is 16.9 Å². The first-order valence-electron chi connectivity index (χ1n) is 8.21. The van der Waals surface area contributed by atoms with E-state index in [4.69, 9.17) is 14.2 Å². The van der Waals surface area contributed by atoms with Crippen molar-refractivity contribution in [3.05, 3.63) is 53.6 Å². The molecule has 136 valence electrons. The number of carboxylic acid groups (broad SMARTS) is 1. The van der Waals surface area contributed by atoms with Crippen LogP contribution in [-0.4, -0.2) is 29.8 Å². The Kier molecular flexibility index (Phi) is 4.59. The van der Waals surface area contributed by atoms with E-state index in [1.165, 1.54) is 13.8 Å². The SMILES string of the molecule is COc1ccc(C2CC(=O)Oc3cc(OC(C)(C)C(=O)O)ccc32)cc1. The first-order chi connectivity index (χ1) is 12.3. The molecule has 0 amide bonds. The van der Waals surface area contributed by atoms with Gasteiger partial charge in [0.1, 0.15) is 17.2 Å². The average molecular weight is 356 g/mol. The number of carbonyl (C=O) groups excluding carboxylic acids is 1. The molecule has 26 heavy (non-hydrogen) atoms. The van der Waals surface area contributed by atoms with Gasteiger partial charge in [-0.2, -0.15) is 0 Å². The van der Waals surface area contributed by atoms with E-state index in [2.05, 4.69) is 0 Å². The van der Waals surface area contributed by atoms with Crippen molar-refractivity contribution in [3.8, 4) is 17.2 Å². The zero-order valence-corrected chi connectivity index (χ0v) is 14.8. The highest BCUT2D eigenvalue weighted by molar-refractivity contribution is 5.78. The van der Waals surface area contributed by atoms with Crippen molar-refractivity contribution < 1.29 is 28.9 Å². The van der Waals surface area contributed by atoms with Crippen LogP contribution in [0.25, 0.3) is 0 Å². The topological polar surface area (TPSA) is 82.1 Å². The zero-order chi connectivity index (χ0) is 18.9. The van der Waals surface area contributed by atoms with Gasteiger partial charge in [-0.25, -0.2) is 4.79 Å². The van der Waals surface area contributed by atoms with Gasteiger partial charge in [0.05, 0.1) is 13.5 Å². The molecule has 1 aliphatic rings. The first-order valence-corrected chi connectivity index (χ1v) is 8.21. The molecule has 0 bridgehead atoms. The Labute approximate surface area is 151 Å². The fourth-order valence-electron chi connectivity index (χ4n) is 2.87. The minimum atomic E-state index is -1.39. The maximum Gasteiger partial charge on any atom is 0.347 e. The van der Waals surface area contributed by atoms with Crippen molar-refractivity contribution in [1.82, 2.24) is 0 Å². The van der Waals surface area contributed by atoms with Crippen LogP contribution in [0.15, 0.2) is 42.5 Å². The Morgan fingerprint density at radius 2 is 1.81 bits per heavy atom. The molecule has 2 aromatic rings. The quantitative estimate of drug-likeness (QED) is 0.653. The van der Waals surface area contributed by atoms with Crippen molar-refractivity contribution in [2.24, 2.45) is 0 Å². The second kappa shape index (κ2) is 6.71. The summed E-state index contributed by atoms with van der Waals surface area (Å²) in [6, 6.07) is 12.6. The Morgan fingerprint density at radius 3 is 2.42 bits per heavy atom. The maximum absolute atomic E-state index is 12.1. The number of fused-ring (bicyclic) bond motifs is 1. The van der Waals surface area contributed by atoms with Gasteiger partial charge < -0.3 is 19.3 Å². The van der Waals surface area contributed by atoms with Crippen molar-refractivity contribution in [2.75, 3.05) is 7.11 Å². The van der Waals surface area contributed by atoms with Crippen LogP contribution in [0.3, 0.4) is 0 Å². The van der Waals surface area contributed by atoms with Crippen LogP contribution in [0.2, 0.25) is 0 Å². The van der Waals surface area contributed by atoms with Crippen LogP contribution in [0.1, 0.15) is 37.3 Å². The van der Waals surface area contributed by atoms with Crippen molar-refractivity contribution in [3.63, 3.8) is 0 Å². The van der Waals surface area contributed by atoms with Crippen LogP contribution in [0.5, 0.6) is 17.2 Å². The minimum Gasteiger partial charge on any atom is -0.497 e. The number of carbonyl (C=O) groups is 2. The molecule has 1 N–H and O–H groups in total. The van der Waals surface area contributed by atoms with E-state index in [1.54, 1.807) is 19.2 Å². The molecular weight excluding hydrogens is 336 g/mol. The van der Waals surface area contributed by atoms with Crippen molar-refractivity contribution >= 4 is 11.9 Å². The van der Waals surface area contributed by atoms with Crippen LogP contribution < -0.4 is 14.2 Å². The van der Waals surface area contributed by atoms with E-state index in [9.17, 15) is 14.7 Å². The minimum absolute atomic E-state index is 0.140. The first kappa shape index (κ1) is 17.8. The summed E-state index contributed by atoms with van der Waals surface area (Å²) in [6.45, 7) is 2.92. The predicted molar refractivity (Wildman–Crippen MR) is 93.9 cm³/mol. The lowest BCUT2D eigenvalue weighted by Crippen LogP contribution is -2.37. The average Bonchev–Trinajstić information content (AvgIpc) is 2.60. The number of esters is 1. The van der Waals surface area contributed by atoms with Crippen LogP contribution in [-0.2, 0) is 9.59 Å². The molecular formula is C20H20O6. The number of hydrogen-bond donors (Lipinski definition) is 1. The molecule has 0 saturated heterocycles. The van der Waals surface area contributed by atoms with Gasteiger partial charge in [-0.15, -0.1) is 0 Å². The summed E-state index contributed by atoms with van der Waals surface area (Å²) in [7, 11) is 1.60. The van der Waals surface area contributed by atoms with E-state index in [-0.39, 0.29) is 18.3 Å². The van der Waals surface area contributed by atoms with Gasteiger partial charge in [-0.3, -0.25) is 4.79 Å². The molecule has 1 atom stereocenters. The molecule has 0 aliphatic carbocycles. The molecule has 0 aromatic heterocycles. The van der Waals surface area contributed by atoms with Gasteiger partial charge in [0.15, 0.2) is 5.60 Å². The number of carboxylic acids is 1. The highest BCUT2D eigenvalue weighted by Crippen LogP contribution is 2.41. The Bertz CT molecular complexity index is 838. The third-order valence-corrected chi connectivity index (χ3v) is 4.36. The molecule has 1 unspecified atom stereocenters. The number of aliphatic carboxylic acids is 1. The largest absolute Gasteiger partial charge is 0.497 e. The summed E-state index contributed by atoms with van der Waals surface area (Å²) >= 11 is 0. The normalized spacial score (nSPS) is 16.4. The molecule has 0 spiro atoms. The third-order valence-electron chi connectivity index (χ3n) is 4.36. The monoisotopic (exact) mass is 356 g/mol. The van der Waals surface area contributed by atoms with Crippen LogP contribution >= 0.6 is 0 Å². The Balaban J connectivity index is 1.94. The van der Waals surface area contributed by atoms with Gasteiger partial charge in [-0.1, -0.05) is 18.2 Å². The van der Waals surface area contributed by atoms with Crippen LogP contribution in [0.4, 0.5) is 0 Å². The standard InChI is InChI=1S/C20H20O6/c1-20(2,19(22)23)26-14-8-9-15-16(11-18(21)25-17(15)10-14)12-4-6-13(24-3)7-5-12/h4-10,16H,11H2,1-3H3,(H,22,23). The maximum atomic E-state index is 12.1. The summed E-state index contributed by atoms with van der Waals surface area (Å²) in [4.78, 5) is 23.3. The van der Waals surface area contributed by atoms with E-state index in [0.29, 0.717) is 11.5 Å². The van der Waals surface area contributed by atoms with Gasteiger partial charge >= 0.3 is 11.9 Å². The Hall–Kier alpha value is -3.02. The highest BCUT2D eigenvalue weighted by atomic mass is 16.5. The molecule has 2 aromatic carbocycles. The summed E-state index contributed by atoms with van der Waals surface area (Å²) < 4.78 is 16.1. The molecule has 6 heteroatoms. The zero-order valence-electron chi connectivity index (χ0n) is 14.8.